The zero-order valence-electron chi connectivity index (χ0n) is 17.7. The second-order valence-electron chi connectivity index (χ2n) is 7.84. The molecule has 2 aliphatic rings. The highest BCUT2D eigenvalue weighted by molar-refractivity contribution is 6.10. The van der Waals surface area contributed by atoms with Crippen molar-refractivity contribution in [3.63, 3.8) is 0 Å². The molecule has 1 aromatic rings. The van der Waals surface area contributed by atoms with Gasteiger partial charge in [-0.1, -0.05) is 6.92 Å². The molecular formula is C21H29N3O6. The summed E-state index contributed by atoms with van der Waals surface area (Å²) in [6.45, 7) is 2.54. The molecule has 9 heteroatoms. The molecule has 2 N–H and O–H groups in total. The molecule has 1 spiro atoms. The first-order valence-electron chi connectivity index (χ1n) is 10.1. The van der Waals surface area contributed by atoms with Gasteiger partial charge >= 0.3 is 6.03 Å². The molecule has 9 nitrogen and oxygen atoms in total. The highest BCUT2D eigenvalue weighted by Crippen LogP contribution is 2.36. The number of methoxy groups -OCH3 is 2. The van der Waals surface area contributed by atoms with E-state index in [9.17, 15) is 14.4 Å². The Morgan fingerprint density at radius 2 is 1.93 bits per heavy atom. The van der Waals surface area contributed by atoms with E-state index in [-0.39, 0.29) is 12.5 Å². The molecule has 0 radical (unpaired) electrons. The number of carbonyl (C=O) groups is 3. The Labute approximate surface area is 176 Å². The summed E-state index contributed by atoms with van der Waals surface area (Å²) in [6, 6.07) is 4.45. The number of rotatable bonds is 8. The molecule has 1 aliphatic heterocycles. The number of nitrogens with one attached hydrogen (secondary N) is 2. The average molecular weight is 419 g/mol. The normalized spacial score (nSPS) is 23.4. The number of anilines is 1. The maximum absolute atomic E-state index is 12.9. The quantitative estimate of drug-likeness (QED) is 0.494. The standard InChI is InChI=1S/C21H29N3O6/c1-14-6-8-21(9-7-14)19(26)24(20(27)23-21)13-18(25)22-15-4-5-16(29-3)17(12-15)30-11-10-28-2/h4-5,12,14H,6-11,13H2,1-3H3,(H,22,25)(H,23,27). The van der Waals surface area contributed by atoms with Gasteiger partial charge in [0.2, 0.25) is 5.91 Å². The fraction of sp³-hybridized carbons (Fsp3) is 0.571. The number of hydrogen-bond acceptors (Lipinski definition) is 6. The number of nitrogens with zero attached hydrogens (tertiary/aromatic N) is 1. The first-order chi connectivity index (χ1) is 14.4. The highest BCUT2D eigenvalue weighted by atomic mass is 16.5. The van der Waals surface area contributed by atoms with Crippen molar-refractivity contribution in [2.45, 2.75) is 38.1 Å². The lowest BCUT2D eigenvalue weighted by molar-refractivity contribution is -0.135. The molecular weight excluding hydrogens is 390 g/mol. The molecule has 1 aliphatic carbocycles. The molecule has 3 rings (SSSR count). The van der Waals surface area contributed by atoms with E-state index in [1.54, 1.807) is 25.3 Å². The number of imide groups is 1. The van der Waals surface area contributed by atoms with Gasteiger partial charge in [0.1, 0.15) is 18.7 Å². The van der Waals surface area contributed by atoms with E-state index in [4.69, 9.17) is 14.2 Å². The third-order valence-corrected chi connectivity index (χ3v) is 5.67. The van der Waals surface area contributed by atoms with Crippen molar-refractivity contribution in [3.05, 3.63) is 18.2 Å². The van der Waals surface area contributed by atoms with Crippen LogP contribution >= 0.6 is 0 Å². The van der Waals surface area contributed by atoms with Gasteiger partial charge in [0, 0.05) is 18.9 Å². The summed E-state index contributed by atoms with van der Waals surface area (Å²) in [5.74, 6) is 0.734. The van der Waals surface area contributed by atoms with E-state index in [2.05, 4.69) is 17.6 Å². The topological polar surface area (TPSA) is 106 Å². The third-order valence-electron chi connectivity index (χ3n) is 5.67. The Bertz CT molecular complexity index is 804. The molecule has 0 aromatic heterocycles. The zero-order chi connectivity index (χ0) is 21.7. The predicted molar refractivity (Wildman–Crippen MR) is 110 cm³/mol. The maximum Gasteiger partial charge on any atom is 0.325 e. The van der Waals surface area contributed by atoms with Crippen molar-refractivity contribution >= 4 is 23.5 Å². The third kappa shape index (κ3) is 4.67. The van der Waals surface area contributed by atoms with Crippen LogP contribution in [0, 0.1) is 5.92 Å². The van der Waals surface area contributed by atoms with Gasteiger partial charge < -0.3 is 24.8 Å². The molecule has 1 saturated heterocycles. The van der Waals surface area contributed by atoms with Crippen molar-refractivity contribution in [1.82, 2.24) is 10.2 Å². The maximum atomic E-state index is 12.9. The molecule has 164 valence electrons. The second kappa shape index (κ2) is 9.34. The Kier molecular flexibility index (Phi) is 6.81. The van der Waals surface area contributed by atoms with Crippen molar-refractivity contribution in [3.8, 4) is 11.5 Å². The molecule has 30 heavy (non-hydrogen) atoms. The van der Waals surface area contributed by atoms with Crippen molar-refractivity contribution in [2.24, 2.45) is 5.92 Å². The Balaban J connectivity index is 1.63. The van der Waals surface area contributed by atoms with Crippen LogP contribution in [0.5, 0.6) is 11.5 Å². The largest absolute Gasteiger partial charge is 0.493 e. The minimum absolute atomic E-state index is 0.312. The van der Waals surface area contributed by atoms with E-state index in [1.165, 1.54) is 7.11 Å². The Morgan fingerprint density at radius 3 is 2.60 bits per heavy atom. The van der Waals surface area contributed by atoms with Gasteiger partial charge in [0.05, 0.1) is 13.7 Å². The summed E-state index contributed by atoms with van der Waals surface area (Å²) < 4.78 is 15.8. The van der Waals surface area contributed by atoms with Gasteiger partial charge in [0.25, 0.3) is 5.91 Å². The van der Waals surface area contributed by atoms with Crippen LogP contribution < -0.4 is 20.1 Å². The molecule has 0 bridgehead atoms. The van der Waals surface area contributed by atoms with E-state index in [1.807, 2.05) is 0 Å². The van der Waals surface area contributed by atoms with Gasteiger partial charge in [0.15, 0.2) is 11.5 Å². The fourth-order valence-corrected chi connectivity index (χ4v) is 3.86. The summed E-state index contributed by atoms with van der Waals surface area (Å²) in [5.41, 5.74) is -0.381. The van der Waals surface area contributed by atoms with Gasteiger partial charge in [-0.2, -0.15) is 0 Å². The fourth-order valence-electron chi connectivity index (χ4n) is 3.86. The second-order valence-corrected chi connectivity index (χ2v) is 7.84. The molecule has 2 fully saturated rings. The monoisotopic (exact) mass is 419 g/mol. The Hall–Kier alpha value is -2.81. The van der Waals surface area contributed by atoms with Gasteiger partial charge in [-0.25, -0.2) is 4.79 Å². The van der Waals surface area contributed by atoms with Crippen LogP contribution in [0.15, 0.2) is 18.2 Å². The van der Waals surface area contributed by atoms with Crippen LogP contribution in [0.1, 0.15) is 32.6 Å². The van der Waals surface area contributed by atoms with E-state index in [0.717, 1.165) is 17.7 Å². The van der Waals surface area contributed by atoms with Crippen LogP contribution in [-0.2, 0) is 14.3 Å². The molecule has 0 atom stereocenters. The predicted octanol–water partition coefficient (Wildman–Crippen LogP) is 2.16. The van der Waals surface area contributed by atoms with Crippen LogP contribution in [0.2, 0.25) is 0 Å². The van der Waals surface area contributed by atoms with Crippen molar-refractivity contribution < 1.29 is 28.6 Å². The average Bonchev–Trinajstić information content (AvgIpc) is 2.95. The number of carbonyl (C=O) groups excluding carboxylic acids is 3. The number of benzene rings is 1. The summed E-state index contributed by atoms with van der Waals surface area (Å²) >= 11 is 0. The lowest BCUT2D eigenvalue weighted by Gasteiger charge is -2.33. The van der Waals surface area contributed by atoms with E-state index in [0.29, 0.717) is 49.2 Å². The first kappa shape index (κ1) is 21.9. The summed E-state index contributed by atoms with van der Waals surface area (Å²) in [6.07, 6.45) is 2.97. The number of urea groups is 1. The van der Waals surface area contributed by atoms with Gasteiger partial charge in [-0.15, -0.1) is 0 Å². The molecule has 4 amide bonds. The van der Waals surface area contributed by atoms with Crippen LogP contribution in [0.3, 0.4) is 0 Å². The minimum Gasteiger partial charge on any atom is -0.493 e. The minimum atomic E-state index is -0.855. The smallest absolute Gasteiger partial charge is 0.325 e. The van der Waals surface area contributed by atoms with Crippen LogP contribution in [-0.4, -0.2) is 62.3 Å². The molecule has 1 heterocycles. The summed E-state index contributed by atoms with van der Waals surface area (Å²) in [4.78, 5) is 38.8. The lowest BCUT2D eigenvalue weighted by Crippen LogP contribution is -2.49. The van der Waals surface area contributed by atoms with Crippen molar-refractivity contribution in [2.75, 3.05) is 39.3 Å². The molecule has 1 aromatic carbocycles. The SMILES string of the molecule is COCCOc1cc(NC(=O)CN2C(=O)NC3(CCC(C)CC3)C2=O)ccc1OC. The van der Waals surface area contributed by atoms with E-state index >= 15 is 0 Å². The van der Waals surface area contributed by atoms with E-state index < -0.39 is 17.5 Å². The number of amides is 4. The molecule has 1 saturated carbocycles. The van der Waals surface area contributed by atoms with Crippen LogP contribution in [0.4, 0.5) is 10.5 Å². The zero-order valence-corrected chi connectivity index (χ0v) is 17.7. The summed E-state index contributed by atoms with van der Waals surface area (Å²) in [5, 5.41) is 5.53. The highest BCUT2D eigenvalue weighted by Gasteiger charge is 2.52. The molecule has 0 unspecified atom stereocenters. The van der Waals surface area contributed by atoms with Gasteiger partial charge in [-0.05, 0) is 43.7 Å². The number of ether oxygens (including phenoxy) is 3. The number of hydrogen-bond donors (Lipinski definition) is 2. The lowest BCUT2D eigenvalue weighted by atomic mass is 9.77. The first-order valence-corrected chi connectivity index (χ1v) is 10.1. The Morgan fingerprint density at radius 1 is 1.20 bits per heavy atom. The van der Waals surface area contributed by atoms with Crippen molar-refractivity contribution in [1.29, 1.82) is 0 Å². The van der Waals surface area contributed by atoms with Crippen LogP contribution in [0.25, 0.3) is 0 Å². The summed E-state index contributed by atoms with van der Waals surface area (Å²) in [7, 11) is 3.10. The van der Waals surface area contributed by atoms with Gasteiger partial charge in [-0.3, -0.25) is 14.5 Å².